The van der Waals surface area contributed by atoms with Crippen LogP contribution in [0.5, 0.6) is 0 Å². The van der Waals surface area contributed by atoms with Crippen molar-refractivity contribution < 1.29 is 9.90 Å². The molecule has 4 heterocycles. The summed E-state index contributed by atoms with van der Waals surface area (Å²) in [6.45, 7) is 4.93. The molecule has 10 nitrogen and oxygen atoms in total. The maximum absolute atomic E-state index is 14.6. The van der Waals surface area contributed by atoms with E-state index in [0.717, 1.165) is 18.8 Å². The molecule has 1 aliphatic heterocycles. The molecule has 0 amide bonds. The minimum absolute atomic E-state index is 0.100. The van der Waals surface area contributed by atoms with Crippen LogP contribution in [0.25, 0.3) is 11.0 Å². The van der Waals surface area contributed by atoms with Crippen LogP contribution in [0, 0.1) is 6.92 Å². The van der Waals surface area contributed by atoms with Gasteiger partial charge in [-0.1, -0.05) is 15.6 Å². The van der Waals surface area contributed by atoms with E-state index < -0.39 is 32.1 Å². The molecule has 1 saturated heterocycles. The highest BCUT2D eigenvalue weighted by molar-refractivity contribution is 6.65. The molecule has 2 atom stereocenters. The molecular weight excluding hydrogens is 564 g/mol. The van der Waals surface area contributed by atoms with Crippen molar-refractivity contribution in [1.82, 2.24) is 24.8 Å². The smallest absolute Gasteiger partial charge is 0.263 e. The number of anilines is 3. The molecule has 22 heteroatoms. The fraction of sp³-hybridized carbons (Fsp3) is 0.458. The van der Waals surface area contributed by atoms with E-state index in [1.54, 1.807) is 17.7 Å². The summed E-state index contributed by atoms with van der Waals surface area (Å²) in [7, 11) is 25.1. The number of hydrogen-bond donors (Lipinski definition) is 3. The maximum Gasteiger partial charge on any atom is 0.263 e. The number of ketones is 1. The van der Waals surface area contributed by atoms with Crippen molar-refractivity contribution >= 4 is 128 Å². The quantitative estimate of drug-likeness (QED) is 0.192. The van der Waals surface area contributed by atoms with E-state index in [9.17, 15) is 14.7 Å². The van der Waals surface area contributed by atoms with Gasteiger partial charge in [0.1, 0.15) is 106 Å². The van der Waals surface area contributed by atoms with Crippen LogP contribution in [-0.4, -0.2) is 154 Å². The van der Waals surface area contributed by atoms with E-state index in [2.05, 4.69) is 73.7 Å². The molecule has 3 N–H and O–H groups in total. The number of nitrogens with one attached hydrogen (secondary N) is 2. The van der Waals surface area contributed by atoms with E-state index in [4.69, 9.17) is 9.97 Å². The zero-order chi connectivity index (χ0) is 34.6. The number of Topliss-reactive ketones (excluding diaryl/α,β-unsaturated/α-hetero) is 1. The Balaban J connectivity index is 1.68. The van der Waals surface area contributed by atoms with Crippen molar-refractivity contribution in [2.24, 2.45) is 0 Å². The Labute approximate surface area is 282 Å². The summed E-state index contributed by atoms with van der Waals surface area (Å²) >= 11 is 0. The number of pyridine rings is 2. The normalized spacial score (nSPS) is 27.2. The van der Waals surface area contributed by atoms with Crippen LogP contribution in [0.3, 0.4) is 0 Å². The van der Waals surface area contributed by atoms with Gasteiger partial charge in [-0.3, -0.25) is 14.2 Å². The molecule has 0 radical (unpaired) electrons. The standard InChI is InChI=1S/C24H41B12N7O3/c1-9-12-6-39-17(40-13-4-3-11(5-38-13)43-18(25,26)7-37-8-19(43,27)28)41-15(12)42(16(45)14(9)10(2)44)23(35)20(29,30)21(31,32)24(36,46)22(23,33)34/h3-6,37,46H,7-8,25-36H2,1-2H3,(H,38,39,40,41). The largest absolute Gasteiger partial charge is 0.401 e. The van der Waals surface area contributed by atoms with Gasteiger partial charge < -0.3 is 20.6 Å². The number of aliphatic hydroxyl groups is 1. The van der Waals surface area contributed by atoms with Crippen LogP contribution < -0.4 is 21.1 Å². The topological polar surface area (TPSA) is 125 Å². The summed E-state index contributed by atoms with van der Waals surface area (Å²) < 4.78 is 1.67. The number of piperazine rings is 1. The zero-order valence-corrected chi connectivity index (χ0v) is 30.2. The Hall–Kier alpha value is -2.59. The van der Waals surface area contributed by atoms with Crippen LogP contribution in [0.2, 0.25) is 15.6 Å². The number of fused-ring (bicyclic) bond motifs is 1. The fourth-order valence-corrected chi connectivity index (χ4v) is 9.07. The number of aromatic nitrogens is 4. The van der Waals surface area contributed by atoms with Crippen molar-refractivity contribution in [2.45, 2.75) is 51.1 Å². The van der Waals surface area contributed by atoms with Crippen LogP contribution in [-0.2, 0) is 5.44 Å². The summed E-state index contributed by atoms with van der Waals surface area (Å²) in [5.74, 6) is 0.530. The van der Waals surface area contributed by atoms with Crippen molar-refractivity contribution in [3.8, 4) is 0 Å². The van der Waals surface area contributed by atoms with Gasteiger partial charge in [-0.25, -0.2) is 9.97 Å². The van der Waals surface area contributed by atoms with Gasteiger partial charge >= 0.3 is 0 Å². The number of carbonyl (C=O) groups is 1. The van der Waals surface area contributed by atoms with Gasteiger partial charge in [0, 0.05) is 35.6 Å². The Kier molecular flexibility index (Phi) is 7.89. The van der Waals surface area contributed by atoms with E-state index in [0.29, 0.717) is 22.4 Å². The summed E-state index contributed by atoms with van der Waals surface area (Å²) in [5.41, 5.74) is -0.484. The average molecular weight is 605 g/mol. The van der Waals surface area contributed by atoms with Gasteiger partial charge in [0.2, 0.25) is 5.95 Å². The van der Waals surface area contributed by atoms with Crippen LogP contribution >= 0.6 is 0 Å². The SMILES string of the molecule is BC1(B)CNCC(B)(B)N1c1ccc(Nc2ncc3c(C)c(C(C)=O)c(=O)n(C4(B)C(B)(B)C(B)(B)C(B)(O)C4(B)B)c3n2)nc1. The number of carbonyl (C=O) groups excluding carboxylic acids is 1. The van der Waals surface area contributed by atoms with Crippen LogP contribution in [0.1, 0.15) is 22.8 Å². The molecule has 2 unspecified atom stereocenters. The zero-order valence-electron chi connectivity index (χ0n) is 30.2. The summed E-state index contributed by atoms with van der Waals surface area (Å²) in [5, 5.41) is 17.3. The van der Waals surface area contributed by atoms with Crippen LogP contribution in [0.15, 0.2) is 29.3 Å². The Bertz CT molecular complexity index is 1770. The van der Waals surface area contributed by atoms with Crippen molar-refractivity contribution in [1.29, 1.82) is 0 Å². The van der Waals surface area contributed by atoms with Gasteiger partial charge in [0.15, 0.2) is 5.78 Å². The first-order valence-electron chi connectivity index (χ1n) is 16.3. The van der Waals surface area contributed by atoms with Crippen LogP contribution in [0.4, 0.5) is 17.5 Å². The third-order valence-corrected chi connectivity index (χ3v) is 13.0. The second-order valence-corrected chi connectivity index (χ2v) is 16.7. The molecule has 0 spiro atoms. The molecule has 0 bridgehead atoms. The predicted molar refractivity (Wildman–Crippen MR) is 220 cm³/mol. The molecule has 2 aliphatic rings. The molecule has 226 valence electrons. The minimum atomic E-state index is -1.18. The van der Waals surface area contributed by atoms with Crippen molar-refractivity contribution in [3.05, 3.63) is 46.0 Å². The lowest BCUT2D eigenvalue weighted by atomic mass is 9.23. The molecule has 5 rings (SSSR count). The first-order chi connectivity index (χ1) is 20.9. The lowest BCUT2D eigenvalue weighted by Gasteiger charge is -2.55. The summed E-state index contributed by atoms with van der Waals surface area (Å²) in [6, 6.07) is 3.97. The van der Waals surface area contributed by atoms with Gasteiger partial charge in [-0.15, -0.1) is 0 Å². The molecule has 1 saturated carbocycles. The highest BCUT2D eigenvalue weighted by atomic mass is 16.3. The van der Waals surface area contributed by atoms with Gasteiger partial charge in [-0.2, -0.15) is 4.98 Å². The Morgan fingerprint density at radius 2 is 1.48 bits per heavy atom. The summed E-state index contributed by atoms with van der Waals surface area (Å²) in [4.78, 5) is 44.2. The average Bonchev–Trinajstić information content (AvgIpc) is 2.96. The van der Waals surface area contributed by atoms with Gasteiger partial charge in [0.05, 0.1) is 17.4 Å². The monoisotopic (exact) mass is 607 g/mol. The molecular formula is C24H41B12N7O3. The number of aryl methyl sites for hydroxylation is 1. The third-order valence-electron chi connectivity index (χ3n) is 13.0. The third kappa shape index (κ3) is 4.44. The van der Waals surface area contributed by atoms with E-state index in [-0.39, 0.29) is 28.0 Å². The lowest BCUT2D eigenvalue weighted by molar-refractivity contribution is 0.101. The second kappa shape index (κ2) is 10.5. The molecule has 0 aromatic carbocycles. The van der Waals surface area contributed by atoms with Crippen molar-refractivity contribution in [2.75, 3.05) is 23.3 Å². The molecule has 2 fully saturated rings. The summed E-state index contributed by atoms with van der Waals surface area (Å²) in [6.07, 6.45) is 3.54. The number of hydrogen-bond acceptors (Lipinski definition) is 9. The molecule has 46 heavy (non-hydrogen) atoms. The van der Waals surface area contributed by atoms with E-state index in [1.807, 2.05) is 59.3 Å². The minimum Gasteiger partial charge on any atom is -0.401 e. The van der Waals surface area contributed by atoms with Crippen molar-refractivity contribution in [3.63, 3.8) is 0 Å². The van der Waals surface area contributed by atoms with Gasteiger partial charge in [0.25, 0.3) is 5.56 Å². The Morgan fingerprint density at radius 1 is 0.891 bits per heavy atom. The van der Waals surface area contributed by atoms with E-state index in [1.165, 1.54) is 6.92 Å². The highest BCUT2D eigenvalue weighted by Crippen LogP contribution is 2.75. The number of rotatable bonds is 5. The van der Waals surface area contributed by atoms with Gasteiger partial charge in [-0.05, 0) is 42.2 Å². The van der Waals surface area contributed by atoms with E-state index >= 15 is 0 Å². The Morgan fingerprint density at radius 3 is 1.96 bits per heavy atom. The fourth-order valence-electron chi connectivity index (χ4n) is 9.07. The highest BCUT2D eigenvalue weighted by Gasteiger charge is 2.74. The first kappa shape index (κ1) is 34.7. The maximum atomic E-state index is 14.6. The predicted octanol–water partition coefficient (Wildman–Crippen LogP) is -10.5. The molecule has 3 aromatic heterocycles. The number of nitrogens with zero attached hydrogens (tertiary/aromatic N) is 5. The second-order valence-electron chi connectivity index (χ2n) is 16.7. The molecule has 1 aliphatic carbocycles. The lowest BCUT2D eigenvalue weighted by Crippen LogP contribution is -2.74. The molecule has 3 aromatic rings. The first-order valence-corrected chi connectivity index (χ1v) is 16.3.